The molecule has 0 saturated heterocycles. The first-order valence-electron chi connectivity index (χ1n) is 5.04. The summed E-state index contributed by atoms with van der Waals surface area (Å²) in [4.78, 5) is 3.87. The summed E-state index contributed by atoms with van der Waals surface area (Å²) in [5, 5.41) is 0. The molecule has 0 radical (unpaired) electrons. The minimum absolute atomic E-state index is 0.0816. The Morgan fingerprint density at radius 3 is 2.88 bits per heavy atom. The molecule has 2 rings (SSSR count). The van der Waals surface area contributed by atoms with Crippen molar-refractivity contribution in [1.29, 1.82) is 0 Å². The number of hydrogen-bond donors (Lipinski definition) is 3. The highest BCUT2D eigenvalue weighted by Gasteiger charge is 2.25. The van der Waals surface area contributed by atoms with E-state index in [-0.39, 0.29) is 4.90 Å². The lowest BCUT2D eigenvalue weighted by Gasteiger charge is -2.09. The van der Waals surface area contributed by atoms with E-state index in [9.17, 15) is 8.42 Å². The average molecular weight is 242 g/mol. The maximum atomic E-state index is 11.9. The summed E-state index contributed by atoms with van der Waals surface area (Å²) in [6.07, 6.45) is 4.95. The van der Waals surface area contributed by atoms with Crippen LogP contribution in [-0.2, 0) is 10.0 Å². The van der Waals surface area contributed by atoms with Gasteiger partial charge in [-0.25, -0.2) is 13.1 Å². The first-order valence-corrected chi connectivity index (χ1v) is 6.52. The van der Waals surface area contributed by atoms with Gasteiger partial charge in [-0.15, -0.1) is 0 Å². The van der Waals surface area contributed by atoms with Gasteiger partial charge in [0.05, 0.1) is 5.69 Å². The summed E-state index contributed by atoms with van der Waals surface area (Å²) >= 11 is 0. The Bertz CT molecular complexity index is 470. The fourth-order valence-electron chi connectivity index (χ4n) is 1.34. The summed E-state index contributed by atoms with van der Waals surface area (Å²) in [6.45, 7) is 0.487. The third-order valence-electron chi connectivity index (χ3n) is 2.49. The first-order chi connectivity index (χ1) is 7.63. The van der Waals surface area contributed by atoms with E-state index < -0.39 is 10.0 Å². The Morgan fingerprint density at radius 1 is 1.50 bits per heavy atom. The molecule has 1 saturated carbocycles. The minimum atomic E-state index is -3.51. The van der Waals surface area contributed by atoms with Gasteiger partial charge in [-0.2, -0.15) is 0 Å². The summed E-state index contributed by atoms with van der Waals surface area (Å²) in [6, 6.07) is 1.52. The topological polar surface area (TPSA) is 97.1 Å². The van der Waals surface area contributed by atoms with E-state index in [1.54, 1.807) is 0 Å². The zero-order valence-electron chi connectivity index (χ0n) is 8.68. The number of nitrogens with zero attached hydrogens (tertiary/aromatic N) is 1. The van der Waals surface area contributed by atoms with Crippen molar-refractivity contribution in [3.8, 4) is 0 Å². The smallest absolute Gasteiger partial charge is 0.244 e. The summed E-state index contributed by atoms with van der Waals surface area (Å²) in [5.74, 6) is 5.73. The van der Waals surface area contributed by atoms with Crippen LogP contribution in [0.1, 0.15) is 12.8 Å². The molecule has 1 aliphatic rings. The van der Waals surface area contributed by atoms with Gasteiger partial charge >= 0.3 is 0 Å². The third kappa shape index (κ3) is 2.49. The van der Waals surface area contributed by atoms with E-state index in [2.05, 4.69) is 15.1 Å². The van der Waals surface area contributed by atoms with Crippen LogP contribution in [0.4, 0.5) is 5.69 Å². The van der Waals surface area contributed by atoms with Crippen molar-refractivity contribution in [2.75, 3.05) is 12.0 Å². The number of nitrogens with one attached hydrogen (secondary N) is 2. The lowest BCUT2D eigenvalue weighted by atomic mass is 10.4. The third-order valence-corrected chi connectivity index (χ3v) is 3.94. The number of sulfonamides is 1. The fourth-order valence-corrected chi connectivity index (χ4v) is 2.57. The molecule has 16 heavy (non-hydrogen) atoms. The van der Waals surface area contributed by atoms with Gasteiger partial charge in [0, 0.05) is 18.9 Å². The van der Waals surface area contributed by atoms with E-state index >= 15 is 0 Å². The SMILES string of the molecule is NNc1ccncc1S(=O)(=O)NCC1CC1. The second-order valence-corrected chi connectivity index (χ2v) is 5.55. The van der Waals surface area contributed by atoms with Crippen LogP contribution in [0.25, 0.3) is 0 Å². The van der Waals surface area contributed by atoms with Gasteiger partial charge in [0.25, 0.3) is 0 Å². The molecule has 1 aliphatic carbocycles. The molecule has 88 valence electrons. The van der Waals surface area contributed by atoms with Crippen LogP contribution in [0.15, 0.2) is 23.4 Å². The normalized spacial score (nSPS) is 16.1. The van der Waals surface area contributed by atoms with Crippen molar-refractivity contribution in [1.82, 2.24) is 9.71 Å². The standard InChI is InChI=1S/C9H14N4O2S/c10-13-8-3-4-11-6-9(8)16(14,15)12-5-7-1-2-7/h3-4,6-7,12H,1-2,5,10H2,(H,11,13). The quantitative estimate of drug-likeness (QED) is 0.501. The molecule has 1 aromatic heterocycles. The van der Waals surface area contributed by atoms with E-state index in [1.807, 2.05) is 0 Å². The highest BCUT2D eigenvalue weighted by atomic mass is 32.2. The number of aromatic nitrogens is 1. The van der Waals surface area contributed by atoms with Crippen LogP contribution >= 0.6 is 0 Å². The Balaban J connectivity index is 2.19. The molecule has 1 aromatic rings. The van der Waals surface area contributed by atoms with E-state index in [1.165, 1.54) is 18.5 Å². The number of nitrogen functional groups attached to an aromatic ring is 1. The van der Waals surface area contributed by atoms with E-state index in [0.29, 0.717) is 18.2 Å². The largest absolute Gasteiger partial charge is 0.323 e. The van der Waals surface area contributed by atoms with Gasteiger partial charge in [0.15, 0.2) is 0 Å². The highest BCUT2D eigenvalue weighted by molar-refractivity contribution is 7.89. The Hall–Kier alpha value is -1.18. The fraction of sp³-hybridized carbons (Fsp3) is 0.444. The summed E-state index contributed by atoms with van der Waals surface area (Å²) in [7, 11) is -3.51. The summed E-state index contributed by atoms with van der Waals surface area (Å²) < 4.78 is 26.3. The maximum absolute atomic E-state index is 11.9. The van der Waals surface area contributed by atoms with Crippen LogP contribution in [0, 0.1) is 5.92 Å². The monoisotopic (exact) mass is 242 g/mol. The van der Waals surface area contributed by atoms with Crippen molar-refractivity contribution in [2.24, 2.45) is 11.8 Å². The number of rotatable bonds is 5. The number of anilines is 1. The second kappa shape index (κ2) is 4.36. The molecule has 6 nitrogen and oxygen atoms in total. The van der Waals surface area contributed by atoms with Gasteiger partial charge in [0.1, 0.15) is 4.90 Å². The van der Waals surface area contributed by atoms with Crippen LogP contribution in [0.3, 0.4) is 0 Å². The minimum Gasteiger partial charge on any atom is -0.323 e. The van der Waals surface area contributed by atoms with Crippen LogP contribution in [0.5, 0.6) is 0 Å². The second-order valence-electron chi connectivity index (χ2n) is 3.81. The molecule has 0 unspecified atom stereocenters. The Kier molecular flexibility index (Phi) is 3.08. The number of nitrogens with two attached hydrogens (primary N) is 1. The maximum Gasteiger partial charge on any atom is 0.244 e. The lowest BCUT2D eigenvalue weighted by molar-refractivity contribution is 0.577. The molecular weight excluding hydrogens is 228 g/mol. The zero-order chi connectivity index (χ0) is 11.6. The van der Waals surface area contributed by atoms with Gasteiger partial charge in [-0.05, 0) is 24.8 Å². The predicted molar refractivity (Wildman–Crippen MR) is 60.0 cm³/mol. The molecule has 0 bridgehead atoms. The van der Waals surface area contributed by atoms with Gasteiger partial charge in [0.2, 0.25) is 10.0 Å². The van der Waals surface area contributed by atoms with Crippen molar-refractivity contribution < 1.29 is 8.42 Å². The number of hydrogen-bond acceptors (Lipinski definition) is 5. The molecule has 0 aromatic carbocycles. The van der Waals surface area contributed by atoms with Crippen molar-refractivity contribution in [3.63, 3.8) is 0 Å². The summed E-state index contributed by atoms with van der Waals surface area (Å²) in [5.41, 5.74) is 2.69. The van der Waals surface area contributed by atoms with Crippen molar-refractivity contribution in [3.05, 3.63) is 18.5 Å². The molecule has 0 aliphatic heterocycles. The molecule has 1 heterocycles. The molecule has 7 heteroatoms. The lowest BCUT2D eigenvalue weighted by Crippen LogP contribution is -2.27. The Morgan fingerprint density at radius 2 is 2.25 bits per heavy atom. The van der Waals surface area contributed by atoms with Crippen LogP contribution < -0.4 is 16.0 Å². The predicted octanol–water partition coefficient (Wildman–Crippen LogP) is 0.0555. The van der Waals surface area contributed by atoms with Crippen molar-refractivity contribution >= 4 is 15.7 Å². The zero-order valence-corrected chi connectivity index (χ0v) is 9.50. The molecular formula is C9H14N4O2S. The Labute approximate surface area is 94.3 Å². The van der Waals surface area contributed by atoms with Gasteiger partial charge in [-0.1, -0.05) is 0 Å². The van der Waals surface area contributed by atoms with E-state index in [0.717, 1.165) is 12.8 Å². The van der Waals surface area contributed by atoms with E-state index in [4.69, 9.17) is 5.84 Å². The van der Waals surface area contributed by atoms with Gasteiger partial charge in [-0.3, -0.25) is 10.8 Å². The van der Waals surface area contributed by atoms with Crippen LogP contribution in [-0.4, -0.2) is 19.9 Å². The van der Waals surface area contributed by atoms with Crippen LogP contribution in [0.2, 0.25) is 0 Å². The highest BCUT2D eigenvalue weighted by Crippen LogP contribution is 2.28. The number of hydrazine groups is 1. The molecule has 0 atom stereocenters. The van der Waals surface area contributed by atoms with Gasteiger partial charge < -0.3 is 5.43 Å². The molecule has 1 fully saturated rings. The number of pyridine rings is 1. The molecule has 0 amide bonds. The van der Waals surface area contributed by atoms with Crippen molar-refractivity contribution in [2.45, 2.75) is 17.7 Å². The molecule has 0 spiro atoms. The average Bonchev–Trinajstić information content (AvgIpc) is 3.10. The first kappa shape index (κ1) is 11.3. The molecule has 4 N–H and O–H groups in total.